The van der Waals surface area contributed by atoms with Crippen molar-refractivity contribution in [2.24, 2.45) is 0 Å². The molecule has 1 aliphatic rings. The SMILES string of the molecule is Cc1ccccc1CCNC(=O)NC1CCN(Cc2ccccc2)CC1. The number of piperidine rings is 1. The number of nitrogens with zero attached hydrogens (tertiary/aromatic N) is 1. The van der Waals surface area contributed by atoms with Gasteiger partial charge in [-0.3, -0.25) is 4.90 Å². The van der Waals surface area contributed by atoms with Crippen LogP contribution in [0, 0.1) is 6.92 Å². The number of aryl methyl sites for hydroxylation is 1. The molecule has 0 atom stereocenters. The summed E-state index contributed by atoms with van der Waals surface area (Å²) in [5.74, 6) is 0. The van der Waals surface area contributed by atoms with Crippen LogP contribution in [0.2, 0.25) is 0 Å². The molecule has 0 bridgehead atoms. The number of benzene rings is 2. The highest BCUT2D eigenvalue weighted by molar-refractivity contribution is 5.74. The molecule has 0 unspecified atom stereocenters. The Bertz CT molecular complexity index is 694. The molecule has 0 aromatic heterocycles. The average molecular weight is 351 g/mol. The van der Waals surface area contributed by atoms with E-state index >= 15 is 0 Å². The van der Waals surface area contributed by atoms with Gasteiger partial charge in [-0.25, -0.2) is 4.79 Å². The number of amides is 2. The van der Waals surface area contributed by atoms with Crippen molar-refractivity contribution in [2.75, 3.05) is 19.6 Å². The smallest absolute Gasteiger partial charge is 0.315 e. The van der Waals surface area contributed by atoms with Gasteiger partial charge in [-0.2, -0.15) is 0 Å². The molecule has 0 aliphatic carbocycles. The molecule has 0 radical (unpaired) electrons. The van der Waals surface area contributed by atoms with Gasteiger partial charge in [0.15, 0.2) is 0 Å². The van der Waals surface area contributed by atoms with Crippen molar-refractivity contribution in [3.05, 3.63) is 71.3 Å². The van der Waals surface area contributed by atoms with Gasteiger partial charge in [0.25, 0.3) is 0 Å². The lowest BCUT2D eigenvalue weighted by molar-refractivity contribution is 0.186. The maximum absolute atomic E-state index is 12.1. The largest absolute Gasteiger partial charge is 0.338 e. The Labute approximate surface area is 156 Å². The number of urea groups is 1. The summed E-state index contributed by atoms with van der Waals surface area (Å²) in [5.41, 5.74) is 3.93. The zero-order valence-electron chi connectivity index (χ0n) is 15.6. The predicted molar refractivity (Wildman–Crippen MR) is 106 cm³/mol. The number of carbonyl (C=O) groups excluding carboxylic acids is 1. The molecule has 3 rings (SSSR count). The van der Waals surface area contributed by atoms with E-state index < -0.39 is 0 Å². The first kappa shape index (κ1) is 18.5. The Morgan fingerprint density at radius 1 is 1.04 bits per heavy atom. The first-order chi connectivity index (χ1) is 12.7. The molecule has 138 valence electrons. The summed E-state index contributed by atoms with van der Waals surface area (Å²) in [6, 6.07) is 19.1. The molecule has 1 saturated heterocycles. The van der Waals surface area contributed by atoms with E-state index in [1.54, 1.807) is 0 Å². The van der Waals surface area contributed by atoms with Crippen molar-refractivity contribution in [1.82, 2.24) is 15.5 Å². The van der Waals surface area contributed by atoms with Crippen molar-refractivity contribution >= 4 is 6.03 Å². The Morgan fingerprint density at radius 3 is 2.46 bits per heavy atom. The van der Waals surface area contributed by atoms with E-state index in [0.717, 1.165) is 38.9 Å². The van der Waals surface area contributed by atoms with Crippen LogP contribution in [-0.4, -0.2) is 36.6 Å². The highest BCUT2D eigenvalue weighted by Crippen LogP contribution is 2.13. The fraction of sp³-hybridized carbons (Fsp3) is 0.409. The Kier molecular flexibility index (Phi) is 6.67. The molecule has 4 nitrogen and oxygen atoms in total. The Morgan fingerprint density at radius 2 is 1.73 bits per heavy atom. The minimum Gasteiger partial charge on any atom is -0.338 e. The summed E-state index contributed by atoms with van der Waals surface area (Å²) in [4.78, 5) is 14.6. The molecule has 1 fully saturated rings. The summed E-state index contributed by atoms with van der Waals surface area (Å²) in [7, 11) is 0. The van der Waals surface area contributed by atoms with Crippen LogP contribution < -0.4 is 10.6 Å². The monoisotopic (exact) mass is 351 g/mol. The normalized spacial score (nSPS) is 15.6. The van der Waals surface area contributed by atoms with Crippen LogP contribution in [0.1, 0.15) is 29.5 Å². The third-order valence-corrected chi connectivity index (χ3v) is 5.11. The van der Waals surface area contributed by atoms with Gasteiger partial charge in [0.1, 0.15) is 0 Å². The lowest BCUT2D eigenvalue weighted by Gasteiger charge is -2.32. The quantitative estimate of drug-likeness (QED) is 0.837. The lowest BCUT2D eigenvalue weighted by atomic mass is 10.0. The number of hydrogen-bond donors (Lipinski definition) is 2. The van der Waals surface area contributed by atoms with Gasteiger partial charge in [-0.05, 0) is 42.9 Å². The van der Waals surface area contributed by atoms with Crippen LogP contribution in [0.3, 0.4) is 0 Å². The topological polar surface area (TPSA) is 44.4 Å². The van der Waals surface area contributed by atoms with Crippen molar-refractivity contribution in [3.63, 3.8) is 0 Å². The zero-order chi connectivity index (χ0) is 18.2. The molecule has 1 heterocycles. The van der Waals surface area contributed by atoms with Crippen molar-refractivity contribution < 1.29 is 4.79 Å². The van der Waals surface area contributed by atoms with E-state index in [1.165, 1.54) is 16.7 Å². The van der Waals surface area contributed by atoms with Crippen LogP contribution in [0.15, 0.2) is 54.6 Å². The molecule has 0 spiro atoms. The fourth-order valence-electron chi connectivity index (χ4n) is 3.51. The standard InChI is InChI=1S/C22H29N3O/c1-18-7-5-6-10-20(18)11-14-23-22(26)24-21-12-15-25(16-13-21)17-19-8-3-2-4-9-19/h2-10,21H,11-17H2,1H3,(H2,23,24,26). The van der Waals surface area contributed by atoms with E-state index in [0.29, 0.717) is 6.54 Å². The van der Waals surface area contributed by atoms with Gasteiger partial charge in [-0.15, -0.1) is 0 Å². The predicted octanol–water partition coefficient (Wildman–Crippen LogP) is 3.50. The van der Waals surface area contributed by atoms with Gasteiger partial charge in [-0.1, -0.05) is 54.6 Å². The van der Waals surface area contributed by atoms with Crippen molar-refractivity contribution in [2.45, 2.75) is 38.8 Å². The van der Waals surface area contributed by atoms with Gasteiger partial charge in [0.05, 0.1) is 0 Å². The molecule has 26 heavy (non-hydrogen) atoms. The minimum atomic E-state index is -0.0416. The number of carbonyl (C=O) groups is 1. The first-order valence-electron chi connectivity index (χ1n) is 9.56. The van der Waals surface area contributed by atoms with E-state index in [9.17, 15) is 4.79 Å². The van der Waals surface area contributed by atoms with Crippen molar-refractivity contribution in [1.29, 1.82) is 0 Å². The van der Waals surface area contributed by atoms with E-state index in [-0.39, 0.29) is 12.1 Å². The van der Waals surface area contributed by atoms with Crippen molar-refractivity contribution in [3.8, 4) is 0 Å². The number of likely N-dealkylation sites (tertiary alicyclic amines) is 1. The molecular weight excluding hydrogens is 322 g/mol. The number of hydrogen-bond acceptors (Lipinski definition) is 2. The lowest BCUT2D eigenvalue weighted by Crippen LogP contribution is -2.48. The van der Waals surface area contributed by atoms with Crippen LogP contribution in [0.25, 0.3) is 0 Å². The van der Waals surface area contributed by atoms with Crippen LogP contribution in [0.5, 0.6) is 0 Å². The second-order valence-electron chi connectivity index (χ2n) is 7.11. The molecule has 4 heteroatoms. The molecule has 2 aromatic rings. The molecule has 1 aliphatic heterocycles. The van der Waals surface area contributed by atoms with E-state index in [2.05, 4.69) is 64.9 Å². The average Bonchev–Trinajstić information content (AvgIpc) is 2.66. The summed E-state index contributed by atoms with van der Waals surface area (Å²) >= 11 is 0. The first-order valence-corrected chi connectivity index (χ1v) is 9.56. The highest BCUT2D eigenvalue weighted by Gasteiger charge is 2.20. The molecule has 2 N–H and O–H groups in total. The Balaban J connectivity index is 1.34. The summed E-state index contributed by atoms with van der Waals surface area (Å²) in [6.45, 7) is 5.84. The summed E-state index contributed by atoms with van der Waals surface area (Å²) in [5, 5.41) is 6.12. The van der Waals surface area contributed by atoms with Gasteiger partial charge in [0.2, 0.25) is 0 Å². The maximum atomic E-state index is 12.1. The fourth-order valence-corrected chi connectivity index (χ4v) is 3.51. The molecule has 2 amide bonds. The van der Waals surface area contributed by atoms with Crippen LogP contribution >= 0.6 is 0 Å². The number of rotatable bonds is 6. The summed E-state index contributed by atoms with van der Waals surface area (Å²) < 4.78 is 0. The Hall–Kier alpha value is -2.33. The molecular formula is C22H29N3O. The molecule has 0 saturated carbocycles. The second-order valence-corrected chi connectivity index (χ2v) is 7.11. The summed E-state index contributed by atoms with van der Waals surface area (Å²) in [6.07, 6.45) is 2.89. The van der Waals surface area contributed by atoms with Gasteiger partial charge < -0.3 is 10.6 Å². The maximum Gasteiger partial charge on any atom is 0.315 e. The van der Waals surface area contributed by atoms with Gasteiger partial charge in [0, 0.05) is 32.2 Å². The zero-order valence-corrected chi connectivity index (χ0v) is 15.6. The third-order valence-electron chi connectivity index (χ3n) is 5.11. The van der Waals surface area contributed by atoms with Crippen LogP contribution in [0.4, 0.5) is 4.79 Å². The third kappa shape index (κ3) is 5.60. The minimum absolute atomic E-state index is 0.0416. The second kappa shape index (κ2) is 9.39. The molecule has 2 aromatic carbocycles. The van der Waals surface area contributed by atoms with E-state index in [1.807, 2.05) is 12.1 Å². The highest BCUT2D eigenvalue weighted by atomic mass is 16.2. The van der Waals surface area contributed by atoms with Gasteiger partial charge >= 0.3 is 6.03 Å². The van der Waals surface area contributed by atoms with Crippen LogP contribution in [-0.2, 0) is 13.0 Å². The van der Waals surface area contributed by atoms with E-state index in [4.69, 9.17) is 0 Å². The number of nitrogens with one attached hydrogen (secondary N) is 2.